The van der Waals surface area contributed by atoms with E-state index in [0.29, 0.717) is 0 Å². The molecule has 130 valence electrons. The molecular formula is C15H17BrN2O6. The molecule has 0 aliphatic heterocycles. The Morgan fingerprint density at radius 2 is 1.04 bits per heavy atom. The molecule has 0 saturated carbocycles. The summed E-state index contributed by atoms with van der Waals surface area (Å²) in [5.74, 6) is 0.979. The number of rotatable bonds is 2. The molecule has 0 fully saturated rings. The molecule has 0 radical (unpaired) electrons. The van der Waals surface area contributed by atoms with E-state index < -0.39 is 15.8 Å². The predicted octanol–water partition coefficient (Wildman–Crippen LogP) is 4.29. The molecule has 0 atom stereocenters. The van der Waals surface area contributed by atoms with E-state index in [0.717, 1.165) is 6.92 Å². The zero-order chi connectivity index (χ0) is 19.0. The number of benzene rings is 2. The smallest absolute Gasteiger partial charge is 0.300 e. The fourth-order valence-electron chi connectivity index (χ4n) is 1.10. The third-order valence-corrected chi connectivity index (χ3v) is 1.93. The van der Waals surface area contributed by atoms with Crippen LogP contribution in [0.5, 0.6) is 0 Å². The summed E-state index contributed by atoms with van der Waals surface area (Å²) in [5, 5.41) is 27.4. The van der Waals surface area contributed by atoms with Crippen LogP contribution in [-0.2, 0) is 4.79 Å². The standard InChI is InChI=1S/2C6H5NO2.C2H4O2.CH3Br/c2*8-7(9)6-4-2-1-3-5-6;1-2(3)4;1-2/h2*1-5H;1H3,(H,3,4);1H3. The van der Waals surface area contributed by atoms with E-state index in [9.17, 15) is 20.2 Å². The second-order valence-electron chi connectivity index (χ2n) is 3.70. The maximum Gasteiger partial charge on any atom is 0.300 e. The molecule has 0 unspecified atom stereocenters. The van der Waals surface area contributed by atoms with E-state index in [-0.39, 0.29) is 11.4 Å². The van der Waals surface area contributed by atoms with Crippen molar-refractivity contribution in [2.75, 3.05) is 5.83 Å². The van der Waals surface area contributed by atoms with Gasteiger partial charge in [-0.15, -0.1) is 0 Å². The summed E-state index contributed by atoms with van der Waals surface area (Å²) >= 11 is 2.94. The normalized spacial score (nSPS) is 7.96. The maximum absolute atomic E-state index is 10.0. The zero-order valence-corrected chi connectivity index (χ0v) is 14.6. The lowest BCUT2D eigenvalue weighted by Crippen LogP contribution is -1.84. The van der Waals surface area contributed by atoms with Crippen molar-refractivity contribution >= 4 is 33.3 Å². The Balaban J connectivity index is 0. The molecule has 0 saturated heterocycles. The number of nitro benzene ring substituents is 2. The van der Waals surface area contributed by atoms with Gasteiger partial charge in [0.05, 0.1) is 9.85 Å². The van der Waals surface area contributed by atoms with Crippen molar-refractivity contribution in [2.45, 2.75) is 6.92 Å². The minimum atomic E-state index is -0.833. The first-order chi connectivity index (χ1) is 11.3. The quantitative estimate of drug-likeness (QED) is 0.455. The lowest BCUT2D eigenvalue weighted by molar-refractivity contribution is -0.385. The number of hydrogen-bond acceptors (Lipinski definition) is 5. The van der Waals surface area contributed by atoms with E-state index >= 15 is 0 Å². The highest BCUT2D eigenvalue weighted by molar-refractivity contribution is 9.08. The molecule has 2 aromatic carbocycles. The molecule has 2 rings (SSSR count). The van der Waals surface area contributed by atoms with Crippen molar-refractivity contribution in [3.8, 4) is 0 Å². The van der Waals surface area contributed by atoms with Crippen LogP contribution in [0.25, 0.3) is 0 Å². The molecule has 1 N–H and O–H groups in total. The second kappa shape index (κ2) is 15.1. The Morgan fingerprint density at radius 3 is 1.17 bits per heavy atom. The van der Waals surface area contributed by atoms with Crippen molar-refractivity contribution in [1.29, 1.82) is 0 Å². The third-order valence-electron chi connectivity index (χ3n) is 1.93. The first-order valence-corrected chi connectivity index (χ1v) is 7.89. The predicted molar refractivity (Wildman–Crippen MR) is 94.4 cm³/mol. The number of carboxylic acids is 1. The lowest BCUT2D eigenvalue weighted by atomic mass is 10.3. The van der Waals surface area contributed by atoms with Gasteiger partial charge in [0.2, 0.25) is 0 Å². The molecular weight excluding hydrogens is 384 g/mol. The van der Waals surface area contributed by atoms with Crippen LogP contribution >= 0.6 is 15.9 Å². The Morgan fingerprint density at radius 1 is 0.833 bits per heavy atom. The van der Waals surface area contributed by atoms with Crippen LogP contribution in [0, 0.1) is 20.2 Å². The first kappa shape index (κ1) is 23.5. The summed E-state index contributed by atoms with van der Waals surface area (Å²) in [6.45, 7) is 1.08. The van der Waals surface area contributed by atoms with Crippen LogP contribution in [-0.4, -0.2) is 26.8 Å². The lowest BCUT2D eigenvalue weighted by Gasteiger charge is -1.85. The number of hydrogen-bond donors (Lipinski definition) is 1. The molecule has 0 aliphatic carbocycles. The van der Waals surface area contributed by atoms with Gasteiger partial charge in [-0.1, -0.05) is 52.3 Å². The number of aliphatic carboxylic acids is 1. The average Bonchev–Trinajstić information content (AvgIpc) is 2.58. The largest absolute Gasteiger partial charge is 0.481 e. The first-order valence-electron chi connectivity index (χ1n) is 6.30. The molecule has 0 aromatic heterocycles. The van der Waals surface area contributed by atoms with E-state index in [1.165, 1.54) is 24.3 Å². The van der Waals surface area contributed by atoms with E-state index in [2.05, 4.69) is 15.9 Å². The molecule has 2 aromatic rings. The van der Waals surface area contributed by atoms with E-state index in [1.807, 2.05) is 5.83 Å². The average molecular weight is 401 g/mol. The van der Waals surface area contributed by atoms with Crippen LogP contribution in [0.15, 0.2) is 60.7 Å². The summed E-state index contributed by atoms with van der Waals surface area (Å²) in [4.78, 5) is 28.2. The van der Waals surface area contributed by atoms with Crippen molar-refractivity contribution in [3.05, 3.63) is 80.9 Å². The number of carbonyl (C=O) groups is 1. The van der Waals surface area contributed by atoms with Gasteiger partial charge in [0.1, 0.15) is 0 Å². The van der Waals surface area contributed by atoms with Crippen LogP contribution in [0.3, 0.4) is 0 Å². The molecule has 0 amide bonds. The number of halogens is 1. The van der Waals surface area contributed by atoms with Crippen LogP contribution in [0.1, 0.15) is 6.92 Å². The Kier molecular flexibility index (Phi) is 14.8. The maximum atomic E-state index is 10.0. The molecule has 8 nitrogen and oxygen atoms in total. The number of non-ortho nitro benzene ring substituents is 2. The molecule has 0 aliphatic rings. The van der Waals surface area contributed by atoms with Crippen molar-refractivity contribution < 1.29 is 19.7 Å². The fourth-order valence-corrected chi connectivity index (χ4v) is 1.10. The van der Waals surface area contributed by atoms with Gasteiger partial charge in [-0.3, -0.25) is 25.0 Å². The molecule has 0 bridgehead atoms. The van der Waals surface area contributed by atoms with Gasteiger partial charge in [0.15, 0.2) is 0 Å². The highest BCUT2D eigenvalue weighted by atomic mass is 79.9. The second-order valence-corrected chi connectivity index (χ2v) is 3.70. The highest BCUT2D eigenvalue weighted by Gasteiger charge is 1.99. The summed E-state index contributed by atoms with van der Waals surface area (Å²) in [5.41, 5.74) is 0.273. The van der Waals surface area contributed by atoms with Gasteiger partial charge in [-0.25, -0.2) is 0 Å². The minimum absolute atomic E-state index is 0.137. The number of nitrogens with zero attached hydrogens (tertiary/aromatic N) is 2. The SMILES string of the molecule is CBr.CC(=O)O.O=[N+]([O-])c1ccccc1.O=[N+]([O-])c1ccccc1. The summed E-state index contributed by atoms with van der Waals surface area (Å²) in [7, 11) is 0. The van der Waals surface area contributed by atoms with Gasteiger partial charge in [-0.05, 0) is 5.83 Å². The number of para-hydroxylation sites is 2. The minimum Gasteiger partial charge on any atom is -0.481 e. The molecule has 24 heavy (non-hydrogen) atoms. The van der Waals surface area contributed by atoms with Crippen molar-refractivity contribution in [3.63, 3.8) is 0 Å². The van der Waals surface area contributed by atoms with E-state index in [4.69, 9.17) is 9.90 Å². The van der Waals surface area contributed by atoms with Gasteiger partial charge < -0.3 is 5.11 Å². The van der Waals surface area contributed by atoms with Gasteiger partial charge in [-0.2, -0.15) is 0 Å². The zero-order valence-electron chi connectivity index (χ0n) is 13.0. The Hall–Kier alpha value is -2.81. The third kappa shape index (κ3) is 14.1. The fraction of sp³-hybridized carbons (Fsp3) is 0.133. The number of carboxylic acid groups (broad SMARTS) is 1. The molecule has 0 spiro atoms. The van der Waals surface area contributed by atoms with Gasteiger partial charge in [0, 0.05) is 31.2 Å². The topological polar surface area (TPSA) is 124 Å². The van der Waals surface area contributed by atoms with Gasteiger partial charge in [0.25, 0.3) is 17.3 Å². The van der Waals surface area contributed by atoms with Crippen molar-refractivity contribution in [1.82, 2.24) is 0 Å². The summed E-state index contributed by atoms with van der Waals surface area (Å²) < 4.78 is 0. The monoisotopic (exact) mass is 400 g/mol. The Bertz CT molecular complexity index is 554. The molecule has 0 heterocycles. The van der Waals surface area contributed by atoms with Crippen LogP contribution in [0.2, 0.25) is 0 Å². The Labute approximate surface area is 147 Å². The number of alkyl halides is 1. The van der Waals surface area contributed by atoms with Crippen molar-refractivity contribution in [2.24, 2.45) is 0 Å². The summed E-state index contributed by atoms with van der Waals surface area (Å²) in [6.07, 6.45) is 0. The van der Waals surface area contributed by atoms with Crippen LogP contribution < -0.4 is 0 Å². The van der Waals surface area contributed by atoms with Gasteiger partial charge >= 0.3 is 0 Å². The van der Waals surface area contributed by atoms with E-state index in [1.54, 1.807) is 36.4 Å². The highest BCUT2D eigenvalue weighted by Crippen LogP contribution is 2.07. The number of nitro groups is 2. The summed E-state index contributed by atoms with van der Waals surface area (Å²) in [6, 6.07) is 15.9. The molecule has 9 heteroatoms. The van der Waals surface area contributed by atoms with Crippen LogP contribution in [0.4, 0.5) is 11.4 Å².